The van der Waals surface area contributed by atoms with Crippen LogP contribution < -0.4 is 0 Å². The number of rotatable bonds is 3. The van der Waals surface area contributed by atoms with Crippen molar-refractivity contribution in [2.24, 2.45) is 0 Å². The normalized spacial score (nSPS) is 14.4. The summed E-state index contributed by atoms with van der Waals surface area (Å²) in [7, 11) is 0. The summed E-state index contributed by atoms with van der Waals surface area (Å²) in [6, 6.07) is 8.06. The zero-order valence-electron chi connectivity index (χ0n) is 13.5. The SMILES string of the molecule is Cc1nc2c3ccccc3nn2c(C)c1CCC(=O)N1CCC1. The predicted octanol–water partition coefficient (Wildman–Crippen LogP) is 2.66. The number of likely N-dealkylation sites (tertiary alicyclic amines) is 1. The first-order valence-corrected chi connectivity index (χ1v) is 8.16. The van der Waals surface area contributed by atoms with Crippen molar-refractivity contribution in [3.63, 3.8) is 0 Å². The summed E-state index contributed by atoms with van der Waals surface area (Å²) < 4.78 is 1.92. The first kappa shape index (κ1) is 14.2. The van der Waals surface area contributed by atoms with Crippen LogP contribution in [-0.2, 0) is 11.2 Å². The summed E-state index contributed by atoms with van der Waals surface area (Å²) in [6.07, 6.45) is 2.42. The summed E-state index contributed by atoms with van der Waals surface area (Å²) in [5.74, 6) is 0.251. The molecule has 1 fully saturated rings. The average molecular weight is 308 g/mol. The van der Waals surface area contributed by atoms with Crippen LogP contribution in [0.1, 0.15) is 29.8 Å². The van der Waals surface area contributed by atoms with Gasteiger partial charge in [0.15, 0.2) is 5.65 Å². The molecule has 1 aromatic carbocycles. The second kappa shape index (κ2) is 5.33. The van der Waals surface area contributed by atoms with Gasteiger partial charge < -0.3 is 4.90 Å². The lowest BCUT2D eigenvalue weighted by atomic mass is 10.0. The largest absolute Gasteiger partial charge is 0.343 e. The Morgan fingerprint density at radius 1 is 1.22 bits per heavy atom. The maximum atomic E-state index is 12.1. The molecule has 3 heterocycles. The van der Waals surface area contributed by atoms with Crippen molar-refractivity contribution in [3.05, 3.63) is 41.2 Å². The Kier molecular flexibility index (Phi) is 3.29. The summed E-state index contributed by atoms with van der Waals surface area (Å²) >= 11 is 0. The molecule has 5 heteroatoms. The van der Waals surface area contributed by atoms with Crippen molar-refractivity contribution in [1.82, 2.24) is 19.5 Å². The minimum atomic E-state index is 0.251. The molecule has 0 radical (unpaired) electrons. The van der Waals surface area contributed by atoms with Gasteiger partial charge >= 0.3 is 0 Å². The van der Waals surface area contributed by atoms with Crippen LogP contribution in [0, 0.1) is 13.8 Å². The third-order valence-corrected chi connectivity index (χ3v) is 4.82. The van der Waals surface area contributed by atoms with Gasteiger partial charge in [-0.05, 0) is 44.4 Å². The highest BCUT2D eigenvalue weighted by molar-refractivity contribution is 5.92. The molecule has 3 aromatic rings. The van der Waals surface area contributed by atoms with Crippen LogP contribution in [0.3, 0.4) is 0 Å². The molecular weight excluding hydrogens is 288 g/mol. The molecule has 1 saturated heterocycles. The molecule has 5 nitrogen and oxygen atoms in total. The van der Waals surface area contributed by atoms with Crippen molar-refractivity contribution in [2.75, 3.05) is 13.1 Å². The molecule has 0 unspecified atom stereocenters. The highest BCUT2D eigenvalue weighted by atomic mass is 16.2. The number of nitrogens with zero attached hydrogens (tertiary/aromatic N) is 4. The van der Waals surface area contributed by atoms with Crippen LogP contribution >= 0.6 is 0 Å². The number of amides is 1. The molecule has 0 aliphatic carbocycles. The van der Waals surface area contributed by atoms with E-state index in [2.05, 4.69) is 18.1 Å². The van der Waals surface area contributed by atoms with Crippen LogP contribution in [0.15, 0.2) is 24.3 Å². The zero-order chi connectivity index (χ0) is 16.0. The minimum absolute atomic E-state index is 0.251. The number of benzene rings is 1. The van der Waals surface area contributed by atoms with Gasteiger partial charge in [0, 0.05) is 36.3 Å². The van der Waals surface area contributed by atoms with E-state index in [1.165, 1.54) is 0 Å². The van der Waals surface area contributed by atoms with Gasteiger partial charge in [-0.3, -0.25) is 4.79 Å². The van der Waals surface area contributed by atoms with Crippen molar-refractivity contribution in [2.45, 2.75) is 33.1 Å². The highest BCUT2D eigenvalue weighted by Crippen LogP contribution is 2.23. The average Bonchev–Trinajstić information content (AvgIpc) is 2.84. The number of carbonyl (C=O) groups excluding carboxylic acids is 1. The lowest BCUT2D eigenvalue weighted by Gasteiger charge is -2.31. The highest BCUT2D eigenvalue weighted by Gasteiger charge is 2.21. The van der Waals surface area contributed by atoms with Gasteiger partial charge in [0.25, 0.3) is 0 Å². The second-order valence-corrected chi connectivity index (χ2v) is 6.25. The summed E-state index contributed by atoms with van der Waals surface area (Å²) in [5, 5.41) is 5.74. The molecule has 1 amide bonds. The van der Waals surface area contributed by atoms with E-state index in [-0.39, 0.29) is 5.91 Å². The number of aryl methyl sites for hydroxylation is 2. The Morgan fingerprint density at radius 3 is 2.74 bits per heavy atom. The standard InChI is InChI=1S/C18H20N4O/c1-12-14(8-9-17(23)21-10-5-11-21)13(2)22-18(19-12)15-6-3-4-7-16(15)20-22/h3-4,6-7H,5,8-11H2,1-2H3. The van der Waals surface area contributed by atoms with Crippen molar-refractivity contribution < 1.29 is 4.79 Å². The fourth-order valence-electron chi connectivity index (χ4n) is 3.29. The van der Waals surface area contributed by atoms with E-state index in [1.807, 2.05) is 34.5 Å². The molecular formula is C18H20N4O. The summed E-state index contributed by atoms with van der Waals surface area (Å²) in [5.41, 5.74) is 5.07. The van der Waals surface area contributed by atoms with Crippen molar-refractivity contribution in [3.8, 4) is 0 Å². The number of fused-ring (bicyclic) bond motifs is 3. The zero-order valence-corrected chi connectivity index (χ0v) is 13.5. The Hall–Kier alpha value is -2.43. The first-order chi connectivity index (χ1) is 11.1. The van der Waals surface area contributed by atoms with E-state index < -0.39 is 0 Å². The Balaban J connectivity index is 1.71. The molecule has 0 atom stereocenters. The maximum Gasteiger partial charge on any atom is 0.222 e. The molecule has 4 rings (SSSR count). The number of aromatic nitrogens is 3. The van der Waals surface area contributed by atoms with E-state index in [0.29, 0.717) is 6.42 Å². The van der Waals surface area contributed by atoms with Gasteiger partial charge in [-0.2, -0.15) is 5.10 Å². The van der Waals surface area contributed by atoms with Crippen LogP contribution in [0.25, 0.3) is 16.6 Å². The van der Waals surface area contributed by atoms with Crippen molar-refractivity contribution >= 4 is 22.5 Å². The number of carbonyl (C=O) groups is 1. The van der Waals surface area contributed by atoms with Gasteiger partial charge in [-0.1, -0.05) is 12.1 Å². The smallest absolute Gasteiger partial charge is 0.222 e. The molecule has 0 saturated carbocycles. The summed E-state index contributed by atoms with van der Waals surface area (Å²) in [6.45, 7) is 5.92. The van der Waals surface area contributed by atoms with Crippen molar-refractivity contribution in [1.29, 1.82) is 0 Å². The van der Waals surface area contributed by atoms with Gasteiger partial charge in [-0.25, -0.2) is 9.50 Å². The van der Waals surface area contributed by atoms with Gasteiger partial charge in [0.05, 0.1) is 5.52 Å². The third-order valence-electron chi connectivity index (χ3n) is 4.82. The van der Waals surface area contributed by atoms with E-state index in [1.54, 1.807) is 0 Å². The minimum Gasteiger partial charge on any atom is -0.343 e. The van der Waals surface area contributed by atoms with E-state index in [0.717, 1.165) is 59.4 Å². The topological polar surface area (TPSA) is 50.5 Å². The van der Waals surface area contributed by atoms with Crippen LogP contribution in [0.5, 0.6) is 0 Å². The Morgan fingerprint density at radius 2 is 2.00 bits per heavy atom. The molecule has 0 bridgehead atoms. The van der Waals surface area contributed by atoms with E-state index in [9.17, 15) is 4.79 Å². The molecule has 23 heavy (non-hydrogen) atoms. The quantitative estimate of drug-likeness (QED) is 0.747. The molecule has 1 aliphatic heterocycles. The van der Waals surface area contributed by atoms with Crippen LogP contribution in [0.2, 0.25) is 0 Å². The predicted molar refractivity (Wildman–Crippen MR) is 89.5 cm³/mol. The Labute approximate surface area is 134 Å². The summed E-state index contributed by atoms with van der Waals surface area (Å²) in [4.78, 5) is 18.8. The van der Waals surface area contributed by atoms with Gasteiger partial charge in [0.1, 0.15) is 0 Å². The fraction of sp³-hybridized carbons (Fsp3) is 0.389. The molecule has 0 spiro atoms. The van der Waals surface area contributed by atoms with Crippen LogP contribution in [-0.4, -0.2) is 38.5 Å². The van der Waals surface area contributed by atoms with Crippen LogP contribution in [0.4, 0.5) is 0 Å². The monoisotopic (exact) mass is 308 g/mol. The molecule has 118 valence electrons. The fourth-order valence-corrected chi connectivity index (χ4v) is 3.29. The van der Waals surface area contributed by atoms with Gasteiger partial charge in [0.2, 0.25) is 5.91 Å². The molecule has 1 aliphatic rings. The molecule has 2 aromatic heterocycles. The number of hydrogen-bond acceptors (Lipinski definition) is 3. The lowest BCUT2D eigenvalue weighted by Crippen LogP contribution is -2.42. The lowest BCUT2D eigenvalue weighted by molar-refractivity contribution is -0.134. The maximum absolute atomic E-state index is 12.1. The number of hydrogen-bond donors (Lipinski definition) is 0. The van der Waals surface area contributed by atoms with E-state index >= 15 is 0 Å². The first-order valence-electron chi connectivity index (χ1n) is 8.16. The second-order valence-electron chi connectivity index (χ2n) is 6.25. The molecule has 0 N–H and O–H groups in total. The van der Waals surface area contributed by atoms with Gasteiger partial charge in [-0.15, -0.1) is 0 Å². The van der Waals surface area contributed by atoms with E-state index in [4.69, 9.17) is 4.98 Å². The Bertz CT molecular complexity index is 908. The third kappa shape index (κ3) is 2.27.